The number of hydrogen-bond donors (Lipinski definition) is 1. The van der Waals surface area contributed by atoms with Crippen molar-refractivity contribution in [2.24, 2.45) is 0 Å². The minimum absolute atomic E-state index is 0.536. The minimum Gasteiger partial charge on any atom is -0.497 e. The lowest BCUT2D eigenvalue weighted by Crippen LogP contribution is -2.02. The number of nitrogens with one attached hydrogen (secondary N) is 1. The van der Waals surface area contributed by atoms with Gasteiger partial charge in [-0.05, 0) is 31.2 Å². The van der Waals surface area contributed by atoms with Crippen molar-refractivity contribution in [1.29, 1.82) is 0 Å². The maximum absolute atomic E-state index is 5.41. The predicted octanol–water partition coefficient (Wildman–Crippen LogP) is 4.23. The molecule has 28 heavy (non-hydrogen) atoms. The van der Waals surface area contributed by atoms with E-state index in [4.69, 9.17) is 18.9 Å². The zero-order valence-corrected chi connectivity index (χ0v) is 16.6. The lowest BCUT2D eigenvalue weighted by atomic mass is 10.2. The molecule has 1 aromatic heterocycles. The van der Waals surface area contributed by atoms with Gasteiger partial charge in [-0.2, -0.15) is 0 Å². The first-order valence-electron chi connectivity index (χ1n) is 8.64. The highest BCUT2D eigenvalue weighted by atomic mass is 16.5. The third-order valence-corrected chi connectivity index (χ3v) is 4.25. The summed E-state index contributed by atoms with van der Waals surface area (Å²) in [7, 11) is 6.37. The van der Waals surface area contributed by atoms with Crippen molar-refractivity contribution in [3.05, 3.63) is 48.2 Å². The molecule has 0 unspecified atom stereocenters. The van der Waals surface area contributed by atoms with E-state index in [2.05, 4.69) is 15.3 Å². The largest absolute Gasteiger partial charge is 0.497 e. The molecule has 0 bridgehead atoms. The molecular formula is C21H23N3O4. The minimum atomic E-state index is 0.536. The molecule has 0 spiro atoms. The molecule has 0 amide bonds. The summed E-state index contributed by atoms with van der Waals surface area (Å²) >= 11 is 0. The molecule has 0 aliphatic heterocycles. The monoisotopic (exact) mass is 381 g/mol. The molecule has 1 heterocycles. The quantitative estimate of drug-likeness (QED) is 0.656. The van der Waals surface area contributed by atoms with Crippen LogP contribution in [-0.2, 0) is 0 Å². The Hall–Kier alpha value is -3.48. The zero-order chi connectivity index (χ0) is 20.1. The van der Waals surface area contributed by atoms with Gasteiger partial charge in [0.05, 0.1) is 28.4 Å². The lowest BCUT2D eigenvalue weighted by Gasteiger charge is -2.16. The summed E-state index contributed by atoms with van der Waals surface area (Å²) in [4.78, 5) is 9.11. The molecule has 2 aromatic carbocycles. The lowest BCUT2D eigenvalue weighted by molar-refractivity contribution is 0.324. The highest BCUT2D eigenvalue weighted by Gasteiger charge is 2.14. The summed E-state index contributed by atoms with van der Waals surface area (Å²) in [5.74, 6) is 3.75. The van der Waals surface area contributed by atoms with Gasteiger partial charge in [-0.3, -0.25) is 0 Å². The van der Waals surface area contributed by atoms with Crippen LogP contribution in [0, 0.1) is 6.92 Å². The number of nitrogens with zero attached hydrogens (tertiary/aromatic N) is 2. The first-order valence-corrected chi connectivity index (χ1v) is 8.64. The van der Waals surface area contributed by atoms with Crippen LogP contribution in [0.1, 0.15) is 5.56 Å². The molecule has 7 heteroatoms. The van der Waals surface area contributed by atoms with Gasteiger partial charge in [0, 0.05) is 35.1 Å². The normalized spacial score (nSPS) is 10.3. The topological polar surface area (TPSA) is 74.7 Å². The number of methoxy groups -OCH3 is 4. The van der Waals surface area contributed by atoms with Crippen LogP contribution in [0.4, 0.5) is 11.5 Å². The fraction of sp³-hybridized carbons (Fsp3) is 0.238. The Morgan fingerprint density at radius 2 is 1.46 bits per heavy atom. The molecule has 0 saturated heterocycles. The van der Waals surface area contributed by atoms with E-state index in [1.165, 1.54) is 0 Å². The highest BCUT2D eigenvalue weighted by Crippen LogP contribution is 2.40. The molecule has 3 rings (SSSR count). The Morgan fingerprint density at radius 1 is 0.821 bits per heavy atom. The molecule has 146 valence electrons. The van der Waals surface area contributed by atoms with E-state index in [1.807, 2.05) is 43.3 Å². The summed E-state index contributed by atoms with van der Waals surface area (Å²) in [6.07, 6.45) is 1.78. The highest BCUT2D eigenvalue weighted by molar-refractivity contribution is 5.69. The van der Waals surface area contributed by atoms with Gasteiger partial charge < -0.3 is 24.3 Å². The van der Waals surface area contributed by atoms with Gasteiger partial charge in [0.25, 0.3) is 0 Å². The Bertz CT molecular complexity index is 933. The summed E-state index contributed by atoms with van der Waals surface area (Å²) < 4.78 is 21.4. The zero-order valence-electron chi connectivity index (χ0n) is 16.6. The predicted molar refractivity (Wildman–Crippen MR) is 108 cm³/mol. The molecule has 7 nitrogen and oxygen atoms in total. The van der Waals surface area contributed by atoms with Crippen LogP contribution in [0.5, 0.6) is 23.0 Å². The molecule has 1 N–H and O–H groups in total. The molecule has 0 aliphatic carbocycles. The van der Waals surface area contributed by atoms with Crippen molar-refractivity contribution in [1.82, 2.24) is 9.97 Å². The van der Waals surface area contributed by atoms with Gasteiger partial charge in [-0.25, -0.2) is 9.97 Å². The third kappa shape index (κ3) is 3.93. The van der Waals surface area contributed by atoms with Crippen molar-refractivity contribution >= 4 is 11.5 Å². The number of aromatic nitrogens is 2. The number of rotatable bonds is 7. The Labute approximate surface area is 164 Å². The van der Waals surface area contributed by atoms with E-state index in [1.54, 1.807) is 34.6 Å². The van der Waals surface area contributed by atoms with Crippen LogP contribution in [0.15, 0.2) is 42.6 Å². The fourth-order valence-corrected chi connectivity index (χ4v) is 2.74. The van der Waals surface area contributed by atoms with E-state index in [9.17, 15) is 0 Å². The van der Waals surface area contributed by atoms with Crippen molar-refractivity contribution in [2.75, 3.05) is 33.8 Å². The van der Waals surface area contributed by atoms with Crippen molar-refractivity contribution < 1.29 is 18.9 Å². The van der Waals surface area contributed by atoms with Gasteiger partial charge >= 0.3 is 0 Å². The molecule has 0 atom stereocenters. The molecule has 0 radical (unpaired) electrons. The second-order valence-corrected chi connectivity index (χ2v) is 5.99. The van der Waals surface area contributed by atoms with Gasteiger partial charge in [-0.15, -0.1) is 0 Å². The second kappa shape index (κ2) is 8.47. The Morgan fingerprint density at radius 3 is 2.00 bits per heavy atom. The van der Waals surface area contributed by atoms with E-state index in [-0.39, 0.29) is 0 Å². The van der Waals surface area contributed by atoms with Crippen LogP contribution in [0.25, 0.3) is 11.4 Å². The smallest absolute Gasteiger partial charge is 0.203 e. The van der Waals surface area contributed by atoms with Crippen LogP contribution in [0.2, 0.25) is 0 Å². The number of hydrogen-bond acceptors (Lipinski definition) is 7. The van der Waals surface area contributed by atoms with Crippen LogP contribution in [-0.4, -0.2) is 38.4 Å². The standard InChI is InChI=1S/C21H23N3O4/c1-13-12-22-21(14-6-8-16(25-2)9-7-14)24-20(13)23-15-10-17(26-3)19(28-5)18(11-15)27-4/h6-12H,1-5H3,(H,22,23,24). The SMILES string of the molecule is COc1ccc(-c2ncc(C)c(Nc3cc(OC)c(OC)c(OC)c3)n2)cc1. The van der Waals surface area contributed by atoms with Crippen molar-refractivity contribution in [3.8, 4) is 34.4 Å². The van der Waals surface area contributed by atoms with Gasteiger partial charge in [0.2, 0.25) is 5.75 Å². The molecular weight excluding hydrogens is 358 g/mol. The number of benzene rings is 2. The third-order valence-electron chi connectivity index (χ3n) is 4.25. The number of ether oxygens (including phenoxy) is 4. The van der Waals surface area contributed by atoms with Gasteiger partial charge in [0.1, 0.15) is 11.6 Å². The van der Waals surface area contributed by atoms with Crippen molar-refractivity contribution in [3.63, 3.8) is 0 Å². The average molecular weight is 381 g/mol. The van der Waals surface area contributed by atoms with E-state index < -0.39 is 0 Å². The Balaban J connectivity index is 1.96. The van der Waals surface area contributed by atoms with Crippen molar-refractivity contribution in [2.45, 2.75) is 6.92 Å². The second-order valence-electron chi connectivity index (χ2n) is 5.99. The van der Waals surface area contributed by atoms with Gasteiger partial charge in [-0.1, -0.05) is 0 Å². The van der Waals surface area contributed by atoms with Gasteiger partial charge in [0.15, 0.2) is 17.3 Å². The Kier molecular flexibility index (Phi) is 5.84. The van der Waals surface area contributed by atoms with E-state index in [0.717, 1.165) is 22.6 Å². The first-order chi connectivity index (χ1) is 13.6. The summed E-state index contributed by atoms with van der Waals surface area (Å²) in [6, 6.07) is 11.3. The van der Waals surface area contributed by atoms with E-state index >= 15 is 0 Å². The molecule has 0 aliphatic rings. The maximum atomic E-state index is 5.41. The van der Waals surface area contributed by atoms with Crippen LogP contribution >= 0.6 is 0 Å². The summed E-state index contributed by atoms with van der Waals surface area (Å²) in [5, 5.41) is 3.31. The van der Waals surface area contributed by atoms with E-state index in [0.29, 0.717) is 28.9 Å². The maximum Gasteiger partial charge on any atom is 0.203 e. The number of anilines is 2. The molecule has 0 saturated carbocycles. The average Bonchev–Trinajstić information content (AvgIpc) is 2.74. The van der Waals surface area contributed by atoms with Crippen LogP contribution < -0.4 is 24.3 Å². The number of aryl methyl sites for hydroxylation is 1. The summed E-state index contributed by atoms with van der Waals surface area (Å²) in [6.45, 7) is 1.94. The fourth-order valence-electron chi connectivity index (χ4n) is 2.74. The molecule has 3 aromatic rings. The first kappa shape index (κ1) is 19.3. The van der Waals surface area contributed by atoms with Crippen LogP contribution in [0.3, 0.4) is 0 Å². The molecule has 0 fully saturated rings. The summed E-state index contributed by atoms with van der Waals surface area (Å²) in [5.41, 5.74) is 2.57.